The molecule has 0 saturated carbocycles. The summed E-state index contributed by atoms with van der Waals surface area (Å²) in [6, 6.07) is 6.49. The molecule has 1 unspecified atom stereocenters. The van der Waals surface area contributed by atoms with Crippen LogP contribution in [0.25, 0.3) is 0 Å². The van der Waals surface area contributed by atoms with Crippen LogP contribution in [0.4, 0.5) is 0 Å². The van der Waals surface area contributed by atoms with E-state index < -0.39 is 11.9 Å². The summed E-state index contributed by atoms with van der Waals surface area (Å²) < 4.78 is 4.87. The van der Waals surface area contributed by atoms with Gasteiger partial charge in [0.1, 0.15) is 5.92 Å². The van der Waals surface area contributed by atoms with Crippen LogP contribution in [0.3, 0.4) is 0 Å². The summed E-state index contributed by atoms with van der Waals surface area (Å²) in [5, 5.41) is 0.545. The quantitative estimate of drug-likeness (QED) is 0.632. The normalized spacial score (nSPS) is 18.5. The van der Waals surface area contributed by atoms with Gasteiger partial charge in [0.2, 0.25) is 0 Å². The second kappa shape index (κ2) is 6.72. The molecule has 1 aliphatic heterocycles. The number of Topliss-reactive ketones (excluding diaryl/α,β-unsaturated/α-hetero) is 1. The molecule has 1 aromatic carbocycles. The molecule has 1 heterocycles. The van der Waals surface area contributed by atoms with Crippen molar-refractivity contribution < 1.29 is 19.1 Å². The van der Waals surface area contributed by atoms with E-state index in [1.165, 1.54) is 4.90 Å². The van der Waals surface area contributed by atoms with Gasteiger partial charge in [0.05, 0.1) is 13.2 Å². The van der Waals surface area contributed by atoms with Crippen LogP contribution in [-0.4, -0.2) is 42.3 Å². The predicted octanol–water partition coefficient (Wildman–Crippen LogP) is 1.93. The molecule has 6 heteroatoms. The Balaban J connectivity index is 2.02. The Kier molecular flexibility index (Phi) is 4.96. The maximum atomic E-state index is 12.3. The Morgan fingerprint density at radius 1 is 1.33 bits per heavy atom. The van der Waals surface area contributed by atoms with Gasteiger partial charge >= 0.3 is 5.97 Å². The first-order valence-electron chi connectivity index (χ1n) is 6.77. The fraction of sp³-hybridized carbons (Fsp3) is 0.400. The molecule has 0 radical (unpaired) electrons. The van der Waals surface area contributed by atoms with Crippen molar-refractivity contribution in [2.45, 2.75) is 13.3 Å². The predicted molar refractivity (Wildman–Crippen MR) is 77.1 cm³/mol. The molecule has 0 aromatic heterocycles. The first-order chi connectivity index (χ1) is 10.0. The van der Waals surface area contributed by atoms with Gasteiger partial charge in [0.25, 0.3) is 5.91 Å². The highest BCUT2D eigenvalue weighted by molar-refractivity contribution is 6.30. The Labute approximate surface area is 127 Å². The van der Waals surface area contributed by atoms with Crippen molar-refractivity contribution in [2.75, 3.05) is 19.7 Å². The molecular weight excluding hydrogens is 294 g/mol. The van der Waals surface area contributed by atoms with E-state index in [1.807, 2.05) is 0 Å². The highest BCUT2D eigenvalue weighted by Gasteiger charge is 2.35. The molecule has 1 aromatic rings. The van der Waals surface area contributed by atoms with Gasteiger partial charge < -0.3 is 9.64 Å². The zero-order valence-electron chi connectivity index (χ0n) is 11.7. The summed E-state index contributed by atoms with van der Waals surface area (Å²) in [6.45, 7) is 2.24. The van der Waals surface area contributed by atoms with Crippen LogP contribution in [0.5, 0.6) is 0 Å². The maximum Gasteiger partial charge on any atom is 0.316 e. The number of nitrogens with zero attached hydrogens (tertiary/aromatic N) is 1. The molecule has 0 N–H and O–H groups in total. The summed E-state index contributed by atoms with van der Waals surface area (Å²) >= 11 is 5.78. The number of carbonyl (C=O) groups is 3. The molecule has 0 bridgehead atoms. The van der Waals surface area contributed by atoms with E-state index >= 15 is 0 Å². The SMILES string of the molecule is CCOC(=O)C1CCN(C(=O)c2ccc(Cl)cc2)CC1=O. The first kappa shape index (κ1) is 15.5. The molecule has 21 heavy (non-hydrogen) atoms. The van der Waals surface area contributed by atoms with Crippen molar-refractivity contribution in [3.8, 4) is 0 Å². The van der Waals surface area contributed by atoms with Gasteiger partial charge in [0.15, 0.2) is 5.78 Å². The number of rotatable bonds is 3. The summed E-state index contributed by atoms with van der Waals surface area (Å²) in [7, 11) is 0. The number of ether oxygens (including phenoxy) is 1. The minimum Gasteiger partial charge on any atom is -0.465 e. The molecule has 1 saturated heterocycles. The fourth-order valence-corrected chi connectivity index (χ4v) is 2.39. The lowest BCUT2D eigenvalue weighted by molar-refractivity contribution is -0.153. The monoisotopic (exact) mass is 309 g/mol. The van der Waals surface area contributed by atoms with Gasteiger partial charge in [-0.1, -0.05) is 11.6 Å². The van der Waals surface area contributed by atoms with Gasteiger partial charge in [-0.3, -0.25) is 14.4 Å². The van der Waals surface area contributed by atoms with E-state index in [2.05, 4.69) is 0 Å². The van der Waals surface area contributed by atoms with Crippen LogP contribution >= 0.6 is 11.6 Å². The third-order valence-electron chi connectivity index (χ3n) is 3.37. The highest BCUT2D eigenvalue weighted by atomic mass is 35.5. The van der Waals surface area contributed by atoms with Gasteiger partial charge in [-0.25, -0.2) is 0 Å². The minimum absolute atomic E-state index is 0.0645. The second-order valence-corrected chi connectivity index (χ2v) is 5.23. The van der Waals surface area contributed by atoms with Crippen LogP contribution in [0.1, 0.15) is 23.7 Å². The number of esters is 1. The lowest BCUT2D eigenvalue weighted by Crippen LogP contribution is -2.46. The average molecular weight is 310 g/mol. The maximum absolute atomic E-state index is 12.3. The smallest absolute Gasteiger partial charge is 0.316 e. The van der Waals surface area contributed by atoms with Crippen molar-refractivity contribution in [1.29, 1.82) is 0 Å². The summed E-state index contributed by atoms with van der Waals surface area (Å²) in [4.78, 5) is 37.3. The van der Waals surface area contributed by atoms with E-state index in [1.54, 1.807) is 31.2 Å². The molecule has 0 spiro atoms. The van der Waals surface area contributed by atoms with Gasteiger partial charge in [-0.05, 0) is 37.6 Å². The number of likely N-dealkylation sites (tertiary alicyclic amines) is 1. The molecular formula is C15H16ClNO4. The number of benzene rings is 1. The van der Waals surface area contributed by atoms with Crippen LogP contribution in [-0.2, 0) is 14.3 Å². The Morgan fingerprint density at radius 2 is 2.00 bits per heavy atom. The Morgan fingerprint density at radius 3 is 2.57 bits per heavy atom. The number of amides is 1. The molecule has 5 nitrogen and oxygen atoms in total. The summed E-state index contributed by atoms with van der Waals surface area (Å²) in [5.41, 5.74) is 0.474. The standard InChI is InChI=1S/C15H16ClNO4/c1-2-21-15(20)12-7-8-17(9-13(12)18)14(19)10-3-5-11(16)6-4-10/h3-6,12H,2,7-9H2,1H3. The lowest BCUT2D eigenvalue weighted by atomic mass is 9.95. The first-order valence-corrected chi connectivity index (χ1v) is 7.15. The van der Waals surface area contributed by atoms with E-state index in [9.17, 15) is 14.4 Å². The summed E-state index contributed by atoms with van der Waals surface area (Å²) in [5.74, 6) is -1.76. The highest BCUT2D eigenvalue weighted by Crippen LogP contribution is 2.19. The van der Waals surface area contributed by atoms with Crippen LogP contribution in [0, 0.1) is 5.92 Å². The van der Waals surface area contributed by atoms with Crippen molar-refractivity contribution in [1.82, 2.24) is 4.90 Å². The number of hydrogen-bond donors (Lipinski definition) is 0. The van der Waals surface area contributed by atoms with Gasteiger partial charge in [-0.15, -0.1) is 0 Å². The van der Waals surface area contributed by atoms with Crippen molar-refractivity contribution >= 4 is 29.3 Å². The number of halogens is 1. The summed E-state index contributed by atoms with van der Waals surface area (Å²) in [6.07, 6.45) is 0.303. The van der Waals surface area contributed by atoms with Crippen LogP contribution < -0.4 is 0 Å². The largest absolute Gasteiger partial charge is 0.465 e. The Hall–Kier alpha value is -1.88. The van der Waals surface area contributed by atoms with Gasteiger partial charge in [0, 0.05) is 17.1 Å². The van der Waals surface area contributed by atoms with Crippen molar-refractivity contribution in [3.63, 3.8) is 0 Å². The van der Waals surface area contributed by atoms with E-state index in [0.717, 1.165) is 0 Å². The van der Waals surface area contributed by atoms with Crippen molar-refractivity contribution in [2.24, 2.45) is 5.92 Å². The fourth-order valence-electron chi connectivity index (χ4n) is 2.26. The van der Waals surface area contributed by atoms with Gasteiger partial charge in [-0.2, -0.15) is 0 Å². The number of ketones is 1. The number of hydrogen-bond acceptors (Lipinski definition) is 4. The van der Waals surface area contributed by atoms with Crippen molar-refractivity contribution in [3.05, 3.63) is 34.9 Å². The van der Waals surface area contributed by atoms with E-state index in [4.69, 9.17) is 16.3 Å². The zero-order chi connectivity index (χ0) is 15.4. The molecule has 2 rings (SSSR count). The zero-order valence-corrected chi connectivity index (χ0v) is 12.4. The third kappa shape index (κ3) is 3.61. The molecule has 1 amide bonds. The molecule has 1 atom stereocenters. The average Bonchev–Trinajstić information content (AvgIpc) is 2.47. The van der Waals surface area contributed by atoms with E-state index in [0.29, 0.717) is 23.6 Å². The van der Waals surface area contributed by atoms with E-state index in [-0.39, 0.29) is 24.8 Å². The minimum atomic E-state index is -0.751. The molecule has 0 aliphatic carbocycles. The number of piperidine rings is 1. The molecule has 1 aliphatic rings. The third-order valence-corrected chi connectivity index (χ3v) is 3.62. The van der Waals surface area contributed by atoms with Crippen LogP contribution in [0.2, 0.25) is 5.02 Å². The second-order valence-electron chi connectivity index (χ2n) is 4.79. The van der Waals surface area contributed by atoms with Crippen LogP contribution in [0.15, 0.2) is 24.3 Å². The topological polar surface area (TPSA) is 63.7 Å². The molecule has 1 fully saturated rings. The molecule has 112 valence electrons. The Bertz CT molecular complexity index is 555. The number of carbonyl (C=O) groups excluding carboxylic acids is 3. The lowest BCUT2D eigenvalue weighted by Gasteiger charge is -2.29.